The molecule has 0 aliphatic rings. The number of fused-ring (bicyclic) bond motifs is 1. The van der Waals surface area contributed by atoms with E-state index in [1.165, 1.54) is 22.7 Å². The van der Waals surface area contributed by atoms with Gasteiger partial charge in [0.2, 0.25) is 0 Å². The van der Waals surface area contributed by atoms with Gasteiger partial charge < -0.3 is 0 Å². The van der Waals surface area contributed by atoms with Crippen LogP contribution in [0.15, 0.2) is 44.9 Å². The van der Waals surface area contributed by atoms with Crippen molar-refractivity contribution < 1.29 is 0 Å². The van der Waals surface area contributed by atoms with Crippen molar-refractivity contribution in [3.63, 3.8) is 0 Å². The third kappa shape index (κ3) is 3.21. The largest absolute Gasteiger partial charge is 0.332 e. The van der Waals surface area contributed by atoms with E-state index in [0.717, 1.165) is 20.8 Å². The summed E-state index contributed by atoms with van der Waals surface area (Å²) in [5, 5.41) is 0.526. The molecule has 0 spiro atoms. The van der Waals surface area contributed by atoms with Crippen molar-refractivity contribution in [1.29, 1.82) is 0 Å². The van der Waals surface area contributed by atoms with Crippen molar-refractivity contribution in [2.24, 2.45) is 14.1 Å². The topological polar surface area (TPSA) is 56.9 Å². The summed E-state index contributed by atoms with van der Waals surface area (Å²) in [6.45, 7) is 6.25. The van der Waals surface area contributed by atoms with E-state index < -0.39 is 0 Å². The van der Waals surface area contributed by atoms with Gasteiger partial charge in [-0.2, -0.15) is 0 Å². The Morgan fingerprint density at radius 1 is 1.15 bits per heavy atom. The molecule has 0 saturated heterocycles. The van der Waals surface area contributed by atoms with Crippen molar-refractivity contribution in [3.8, 4) is 0 Å². The lowest BCUT2D eigenvalue weighted by molar-refractivity contribution is 0.703. The van der Waals surface area contributed by atoms with Gasteiger partial charge >= 0.3 is 5.69 Å². The highest BCUT2D eigenvalue weighted by Gasteiger charge is 2.19. The highest BCUT2D eigenvalue weighted by Crippen LogP contribution is 2.34. The first-order chi connectivity index (χ1) is 12.3. The molecule has 0 aliphatic carbocycles. The molecule has 0 radical (unpaired) electrons. The number of rotatable bonds is 4. The van der Waals surface area contributed by atoms with Crippen LogP contribution >= 0.6 is 11.8 Å². The Hall–Kier alpha value is -2.34. The van der Waals surface area contributed by atoms with Crippen molar-refractivity contribution >= 4 is 22.8 Å². The van der Waals surface area contributed by atoms with Gasteiger partial charge in [0.05, 0.1) is 5.39 Å². The average molecular weight is 369 g/mol. The lowest BCUT2D eigenvalue weighted by atomic mass is 10.0. The average Bonchev–Trinajstić information content (AvgIpc) is 2.62. The second kappa shape index (κ2) is 7.11. The zero-order valence-corrected chi connectivity index (χ0v) is 16.6. The molecule has 0 amide bonds. The van der Waals surface area contributed by atoms with Crippen LogP contribution in [0.4, 0.5) is 0 Å². The summed E-state index contributed by atoms with van der Waals surface area (Å²) in [6.07, 6.45) is 1.80. The maximum absolute atomic E-state index is 12.9. The molecule has 0 saturated carbocycles. The van der Waals surface area contributed by atoms with E-state index in [1.54, 1.807) is 25.0 Å². The van der Waals surface area contributed by atoms with Gasteiger partial charge in [-0.1, -0.05) is 43.7 Å². The summed E-state index contributed by atoms with van der Waals surface area (Å²) in [4.78, 5) is 30.4. The Kier molecular flexibility index (Phi) is 5.05. The fraction of sp³-hybridized carbons (Fsp3) is 0.350. The molecule has 26 heavy (non-hydrogen) atoms. The normalized spacial score (nSPS) is 11.5. The van der Waals surface area contributed by atoms with Crippen LogP contribution in [0.2, 0.25) is 0 Å². The molecular weight excluding hydrogens is 346 g/mol. The molecule has 2 aromatic heterocycles. The molecule has 6 heteroatoms. The number of pyridine rings is 1. The van der Waals surface area contributed by atoms with Crippen LogP contribution in [0.5, 0.6) is 0 Å². The summed E-state index contributed by atoms with van der Waals surface area (Å²) in [7, 11) is 3.17. The molecule has 3 rings (SSSR count). The van der Waals surface area contributed by atoms with E-state index in [0.29, 0.717) is 11.0 Å². The molecule has 0 bridgehead atoms. The van der Waals surface area contributed by atoms with E-state index in [4.69, 9.17) is 0 Å². The molecule has 3 aromatic rings. The smallest absolute Gasteiger partial charge is 0.280 e. The lowest BCUT2D eigenvalue weighted by Crippen LogP contribution is -2.37. The lowest BCUT2D eigenvalue weighted by Gasteiger charge is -2.16. The third-order valence-corrected chi connectivity index (χ3v) is 5.74. The van der Waals surface area contributed by atoms with E-state index in [1.807, 2.05) is 6.07 Å². The molecular formula is C20H23N3O2S. The van der Waals surface area contributed by atoms with Gasteiger partial charge in [0.25, 0.3) is 5.56 Å². The maximum Gasteiger partial charge on any atom is 0.332 e. The van der Waals surface area contributed by atoms with Gasteiger partial charge in [-0.05, 0) is 24.0 Å². The van der Waals surface area contributed by atoms with E-state index >= 15 is 0 Å². The zero-order chi connectivity index (χ0) is 19.0. The standard InChI is InChI=1S/C20H23N3O2S/c1-12(2)15-10-21-18-16(19(24)23(5)20(25)22(18)4)17(15)26-11-14-8-6-7-13(3)9-14/h6-10,12H,11H2,1-5H3. The summed E-state index contributed by atoms with van der Waals surface area (Å²) in [5.74, 6) is 0.987. The van der Waals surface area contributed by atoms with Crippen molar-refractivity contribution in [2.45, 2.75) is 37.3 Å². The Morgan fingerprint density at radius 3 is 2.54 bits per heavy atom. The summed E-state index contributed by atoms with van der Waals surface area (Å²) in [6, 6.07) is 8.36. The molecule has 136 valence electrons. The third-order valence-electron chi connectivity index (χ3n) is 4.54. The fourth-order valence-electron chi connectivity index (χ4n) is 3.04. The fourth-order valence-corrected chi connectivity index (χ4v) is 4.31. The SMILES string of the molecule is Cc1cccc(CSc2c(C(C)C)cnc3c2c(=O)n(C)c(=O)n3C)c1. The Balaban J connectivity index is 2.22. The molecule has 0 unspecified atom stereocenters. The first kappa shape index (κ1) is 18.5. The van der Waals surface area contributed by atoms with Crippen LogP contribution < -0.4 is 11.2 Å². The van der Waals surface area contributed by atoms with E-state index in [2.05, 4.69) is 44.0 Å². The Bertz CT molecular complexity index is 1100. The van der Waals surface area contributed by atoms with Gasteiger partial charge in [0.1, 0.15) is 5.65 Å². The van der Waals surface area contributed by atoms with Crippen LogP contribution in [-0.2, 0) is 19.8 Å². The first-order valence-electron chi connectivity index (χ1n) is 8.58. The molecule has 2 heterocycles. The predicted octanol–water partition coefficient (Wildman–Crippen LogP) is 3.36. The minimum absolute atomic E-state index is 0.230. The van der Waals surface area contributed by atoms with Crippen molar-refractivity contribution in [1.82, 2.24) is 14.1 Å². The predicted molar refractivity (Wildman–Crippen MR) is 107 cm³/mol. The zero-order valence-electron chi connectivity index (χ0n) is 15.7. The van der Waals surface area contributed by atoms with E-state index in [9.17, 15) is 9.59 Å². The van der Waals surface area contributed by atoms with Gasteiger partial charge in [0.15, 0.2) is 0 Å². The first-order valence-corrected chi connectivity index (χ1v) is 9.56. The number of benzene rings is 1. The van der Waals surface area contributed by atoms with Crippen LogP contribution in [-0.4, -0.2) is 14.1 Å². The van der Waals surface area contributed by atoms with Gasteiger partial charge in [-0.15, -0.1) is 11.8 Å². The van der Waals surface area contributed by atoms with Crippen LogP contribution in [0, 0.1) is 6.92 Å². The van der Waals surface area contributed by atoms with Crippen LogP contribution in [0.25, 0.3) is 11.0 Å². The van der Waals surface area contributed by atoms with Gasteiger partial charge in [0, 0.05) is 30.9 Å². The van der Waals surface area contributed by atoms with E-state index in [-0.39, 0.29) is 17.2 Å². The van der Waals surface area contributed by atoms with Gasteiger partial charge in [-0.3, -0.25) is 13.9 Å². The highest BCUT2D eigenvalue weighted by atomic mass is 32.2. The monoisotopic (exact) mass is 369 g/mol. The molecule has 0 atom stereocenters. The quantitative estimate of drug-likeness (QED) is 0.662. The minimum Gasteiger partial charge on any atom is -0.280 e. The molecule has 5 nitrogen and oxygen atoms in total. The number of thioether (sulfide) groups is 1. The Labute approximate surface area is 156 Å². The number of nitrogens with zero attached hydrogens (tertiary/aromatic N) is 3. The number of hydrogen-bond donors (Lipinski definition) is 0. The molecule has 1 aromatic carbocycles. The number of hydrogen-bond acceptors (Lipinski definition) is 4. The number of aryl methyl sites for hydroxylation is 2. The molecule has 0 N–H and O–H groups in total. The second-order valence-electron chi connectivity index (χ2n) is 6.88. The minimum atomic E-state index is -0.359. The molecule has 0 aliphatic heterocycles. The maximum atomic E-state index is 12.9. The van der Waals surface area contributed by atoms with Crippen molar-refractivity contribution in [3.05, 3.63) is 68.0 Å². The van der Waals surface area contributed by atoms with Gasteiger partial charge in [-0.25, -0.2) is 9.78 Å². The number of aromatic nitrogens is 3. The van der Waals surface area contributed by atoms with Crippen molar-refractivity contribution in [2.75, 3.05) is 0 Å². The second-order valence-corrected chi connectivity index (χ2v) is 7.87. The Morgan fingerprint density at radius 2 is 1.88 bits per heavy atom. The van der Waals surface area contributed by atoms with Crippen LogP contribution in [0.1, 0.15) is 36.5 Å². The highest BCUT2D eigenvalue weighted by molar-refractivity contribution is 7.98. The molecule has 0 fully saturated rings. The summed E-state index contributed by atoms with van der Waals surface area (Å²) in [5.41, 5.74) is 3.24. The summed E-state index contributed by atoms with van der Waals surface area (Å²) >= 11 is 1.64. The van der Waals surface area contributed by atoms with Crippen LogP contribution in [0.3, 0.4) is 0 Å². The summed E-state index contributed by atoms with van der Waals surface area (Å²) < 4.78 is 2.60.